The fourth-order valence-electron chi connectivity index (χ4n) is 4.31. The van der Waals surface area contributed by atoms with Crippen LogP contribution in [-0.4, -0.2) is 48.7 Å². The predicted molar refractivity (Wildman–Crippen MR) is 147 cm³/mol. The van der Waals surface area contributed by atoms with Crippen molar-refractivity contribution >= 4 is 43.3 Å². The number of nitriles is 1. The highest BCUT2D eigenvalue weighted by Crippen LogP contribution is 2.33. The monoisotopic (exact) mass is 603 g/mol. The summed E-state index contributed by atoms with van der Waals surface area (Å²) < 4.78 is 30.3. The van der Waals surface area contributed by atoms with Gasteiger partial charge in [0.25, 0.3) is 0 Å². The molecule has 1 aromatic heterocycles. The molecule has 0 amide bonds. The number of aromatic nitrogens is 2. The van der Waals surface area contributed by atoms with E-state index in [1.165, 1.54) is 12.3 Å². The molecular weight excluding hydrogens is 578 g/mol. The van der Waals surface area contributed by atoms with E-state index in [2.05, 4.69) is 42.2 Å². The Balaban J connectivity index is 1.37. The molecule has 0 radical (unpaired) electrons. The number of aryl methyl sites for hydroxylation is 2. The topological polar surface area (TPSA) is 108 Å². The SMILES string of the molecule is Cc1cc(C#N)cc(C)c1Oc1nc(NC2CCN(Cc3ccc(S(C)(=O)=O)cc3Cl)CC2)ncc1Br. The number of likely N-dealkylation sites (tertiary alicyclic amines) is 1. The molecule has 1 saturated heterocycles. The van der Waals surface area contributed by atoms with E-state index in [1.807, 2.05) is 13.8 Å². The van der Waals surface area contributed by atoms with Crippen molar-refractivity contribution in [1.29, 1.82) is 5.26 Å². The van der Waals surface area contributed by atoms with Gasteiger partial charge >= 0.3 is 0 Å². The lowest BCUT2D eigenvalue weighted by molar-refractivity contribution is 0.211. The zero-order valence-corrected chi connectivity index (χ0v) is 23.9. The van der Waals surface area contributed by atoms with Crippen molar-refractivity contribution in [2.24, 2.45) is 0 Å². The Bertz CT molecular complexity index is 1440. The molecule has 1 fully saturated rings. The summed E-state index contributed by atoms with van der Waals surface area (Å²) in [5, 5.41) is 13.1. The molecule has 0 saturated carbocycles. The second-order valence-electron chi connectivity index (χ2n) is 9.22. The van der Waals surface area contributed by atoms with E-state index in [0.29, 0.717) is 39.2 Å². The van der Waals surface area contributed by atoms with E-state index in [4.69, 9.17) is 16.3 Å². The number of nitrogens with zero attached hydrogens (tertiary/aromatic N) is 4. The van der Waals surface area contributed by atoms with E-state index >= 15 is 0 Å². The molecule has 0 atom stereocenters. The zero-order valence-electron chi connectivity index (χ0n) is 20.8. The van der Waals surface area contributed by atoms with Crippen molar-refractivity contribution in [1.82, 2.24) is 14.9 Å². The molecule has 3 aromatic rings. The Morgan fingerprint density at radius 3 is 2.49 bits per heavy atom. The molecule has 0 spiro atoms. The lowest BCUT2D eigenvalue weighted by atomic mass is 10.0. The van der Waals surface area contributed by atoms with Gasteiger partial charge in [-0.2, -0.15) is 10.2 Å². The van der Waals surface area contributed by atoms with E-state index < -0.39 is 9.84 Å². The largest absolute Gasteiger partial charge is 0.437 e. The van der Waals surface area contributed by atoms with Crippen LogP contribution in [0, 0.1) is 25.2 Å². The number of sulfone groups is 1. The number of hydrogen-bond acceptors (Lipinski definition) is 8. The number of benzene rings is 2. The van der Waals surface area contributed by atoms with Crippen molar-refractivity contribution in [3.05, 3.63) is 68.3 Å². The molecule has 11 heteroatoms. The molecule has 0 unspecified atom stereocenters. The minimum atomic E-state index is -3.28. The van der Waals surface area contributed by atoms with Crippen LogP contribution in [0.25, 0.3) is 0 Å². The van der Waals surface area contributed by atoms with Crippen LogP contribution in [0.5, 0.6) is 11.6 Å². The van der Waals surface area contributed by atoms with Gasteiger partial charge < -0.3 is 10.1 Å². The summed E-state index contributed by atoms with van der Waals surface area (Å²) >= 11 is 9.83. The van der Waals surface area contributed by atoms with Crippen LogP contribution >= 0.6 is 27.5 Å². The van der Waals surface area contributed by atoms with Gasteiger partial charge in [0.2, 0.25) is 11.8 Å². The minimum Gasteiger partial charge on any atom is -0.437 e. The molecule has 194 valence electrons. The summed E-state index contributed by atoms with van der Waals surface area (Å²) in [5.74, 6) is 1.55. The first-order chi connectivity index (χ1) is 17.5. The van der Waals surface area contributed by atoms with Gasteiger partial charge in [-0.15, -0.1) is 0 Å². The van der Waals surface area contributed by atoms with Crippen molar-refractivity contribution in [3.63, 3.8) is 0 Å². The number of piperidine rings is 1. The van der Waals surface area contributed by atoms with Gasteiger partial charge in [0, 0.05) is 37.0 Å². The fraction of sp³-hybridized carbons (Fsp3) is 0.346. The third kappa shape index (κ3) is 6.79. The maximum atomic E-state index is 11.7. The zero-order chi connectivity index (χ0) is 26.7. The van der Waals surface area contributed by atoms with Gasteiger partial charge in [-0.1, -0.05) is 17.7 Å². The third-order valence-electron chi connectivity index (χ3n) is 6.27. The number of halogens is 2. The van der Waals surface area contributed by atoms with Crippen LogP contribution in [0.1, 0.15) is 35.1 Å². The summed E-state index contributed by atoms with van der Waals surface area (Å²) in [7, 11) is -3.28. The van der Waals surface area contributed by atoms with Crippen molar-refractivity contribution < 1.29 is 13.2 Å². The molecule has 1 aliphatic heterocycles. The predicted octanol–water partition coefficient (Wildman–Crippen LogP) is 5.65. The van der Waals surface area contributed by atoms with Gasteiger partial charge in [-0.3, -0.25) is 4.90 Å². The molecule has 4 rings (SSSR count). The molecule has 1 N–H and O–H groups in total. The standard InChI is InChI=1S/C26H27BrClN5O3S/c1-16-10-18(13-29)11-17(2)24(16)36-25-22(27)14-30-26(32-25)31-20-6-8-33(9-7-20)15-19-4-5-21(12-23(19)28)37(3,34)35/h4-5,10-12,14,20H,6-9,15H2,1-3H3,(H,30,31,32). The van der Waals surface area contributed by atoms with Gasteiger partial charge in [0.15, 0.2) is 9.84 Å². The number of rotatable bonds is 7. The normalized spacial score (nSPS) is 14.8. The average molecular weight is 605 g/mol. The second-order valence-corrected chi connectivity index (χ2v) is 12.5. The Hall–Kier alpha value is -2.71. The van der Waals surface area contributed by atoms with E-state index in [9.17, 15) is 13.7 Å². The smallest absolute Gasteiger partial charge is 0.238 e. The third-order valence-corrected chi connectivity index (χ3v) is 8.27. The van der Waals surface area contributed by atoms with E-state index in [1.54, 1.807) is 30.5 Å². The summed E-state index contributed by atoms with van der Waals surface area (Å²) in [6, 6.07) is 10.9. The lowest BCUT2D eigenvalue weighted by Crippen LogP contribution is -2.39. The number of nitrogens with one attached hydrogen (secondary N) is 1. The van der Waals surface area contributed by atoms with Gasteiger partial charge in [-0.25, -0.2) is 13.4 Å². The summed E-state index contributed by atoms with van der Waals surface area (Å²) in [4.78, 5) is 11.5. The number of ether oxygens (including phenoxy) is 1. The maximum Gasteiger partial charge on any atom is 0.238 e. The molecular formula is C26H27BrClN5O3S. The number of anilines is 1. The Labute approximate surface area is 230 Å². The molecule has 8 nitrogen and oxygen atoms in total. The summed E-state index contributed by atoms with van der Waals surface area (Å²) in [5.41, 5.74) is 3.21. The highest BCUT2D eigenvalue weighted by Gasteiger charge is 2.22. The summed E-state index contributed by atoms with van der Waals surface area (Å²) in [6.45, 7) is 6.17. The van der Waals surface area contributed by atoms with Crippen molar-refractivity contribution in [2.75, 3.05) is 24.7 Å². The highest BCUT2D eigenvalue weighted by atomic mass is 79.9. The quantitative estimate of drug-likeness (QED) is 0.368. The Morgan fingerprint density at radius 1 is 1.22 bits per heavy atom. The van der Waals surface area contributed by atoms with Crippen molar-refractivity contribution in [3.8, 4) is 17.7 Å². The van der Waals surface area contributed by atoms with Crippen molar-refractivity contribution in [2.45, 2.75) is 44.2 Å². The van der Waals surface area contributed by atoms with Crippen LogP contribution in [0.4, 0.5) is 5.95 Å². The van der Waals surface area contributed by atoms with Crippen LogP contribution in [0.3, 0.4) is 0 Å². The first-order valence-corrected chi connectivity index (χ1v) is 14.8. The van der Waals surface area contributed by atoms with E-state index in [0.717, 1.165) is 42.6 Å². The molecule has 2 heterocycles. The average Bonchev–Trinajstić information content (AvgIpc) is 2.84. The number of hydrogen-bond donors (Lipinski definition) is 1. The summed E-state index contributed by atoms with van der Waals surface area (Å²) in [6.07, 6.45) is 4.62. The van der Waals surface area contributed by atoms with Gasteiger partial charge in [0.1, 0.15) is 5.75 Å². The molecule has 2 aromatic carbocycles. The Morgan fingerprint density at radius 2 is 1.89 bits per heavy atom. The first-order valence-electron chi connectivity index (χ1n) is 11.7. The van der Waals surface area contributed by atoms with Gasteiger partial charge in [-0.05, 0) is 83.6 Å². The van der Waals surface area contributed by atoms with E-state index in [-0.39, 0.29) is 10.9 Å². The fourth-order valence-corrected chi connectivity index (χ4v) is 5.54. The highest BCUT2D eigenvalue weighted by molar-refractivity contribution is 9.10. The molecule has 1 aliphatic rings. The van der Waals surface area contributed by atoms with Crippen LogP contribution in [0.2, 0.25) is 5.02 Å². The maximum absolute atomic E-state index is 11.7. The molecule has 0 aliphatic carbocycles. The second kappa shape index (κ2) is 11.4. The van der Waals surface area contributed by atoms with Gasteiger partial charge in [0.05, 0.1) is 27.2 Å². The first kappa shape index (κ1) is 27.3. The van der Waals surface area contributed by atoms with Crippen LogP contribution in [-0.2, 0) is 16.4 Å². The Kier molecular flexibility index (Phi) is 8.39. The molecule has 0 bridgehead atoms. The van der Waals surface area contributed by atoms with Crippen LogP contribution in [0.15, 0.2) is 45.9 Å². The molecule has 37 heavy (non-hydrogen) atoms. The van der Waals surface area contributed by atoms with Crippen LogP contribution < -0.4 is 10.1 Å². The lowest BCUT2D eigenvalue weighted by Gasteiger charge is -2.32. The minimum absolute atomic E-state index is 0.201.